The minimum atomic E-state index is 0.436. The molecule has 1 aliphatic rings. The van der Waals surface area contributed by atoms with Crippen molar-refractivity contribution in [3.05, 3.63) is 35.6 Å². The highest BCUT2D eigenvalue weighted by atomic mass is 35.5. The second-order valence-corrected chi connectivity index (χ2v) is 6.73. The highest BCUT2D eigenvalue weighted by Gasteiger charge is 2.24. The molecule has 3 heterocycles. The van der Waals surface area contributed by atoms with Crippen LogP contribution in [0.5, 0.6) is 0 Å². The molecule has 0 spiro atoms. The SMILES string of the molecule is CN1CCC[C@H](n2ccnc2-c2nn(C)c3cccc(Cl)c23)C1. The first-order valence-corrected chi connectivity index (χ1v) is 8.36. The molecule has 0 amide bonds. The number of likely N-dealkylation sites (N-methyl/N-ethyl adjacent to an activating group) is 1. The van der Waals surface area contributed by atoms with Crippen LogP contribution >= 0.6 is 11.6 Å². The van der Waals surface area contributed by atoms with Crippen molar-refractivity contribution in [2.45, 2.75) is 18.9 Å². The summed E-state index contributed by atoms with van der Waals surface area (Å²) < 4.78 is 4.14. The van der Waals surface area contributed by atoms with Crippen LogP contribution in [0.4, 0.5) is 0 Å². The summed E-state index contributed by atoms with van der Waals surface area (Å²) in [6.45, 7) is 2.21. The summed E-state index contributed by atoms with van der Waals surface area (Å²) in [5.74, 6) is 0.906. The first-order valence-electron chi connectivity index (χ1n) is 7.98. The van der Waals surface area contributed by atoms with Gasteiger partial charge in [0.15, 0.2) is 5.82 Å². The minimum absolute atomic E-state index is 0.436. The van der Waals surface area contributed by atoms with Crippen molar-refractivity contribution in [2.75, 3.05) is 20.1 Å². The van der Waals surface area contributed by atoms with E-state index in [-0.39, 0.29) is 0 Å². The number of benzene rings is 1. The van der Waals surface area contributed by atoms with Crippen molar-refractivity contribution >= 4 is 22.5 Å². The topological polar surface area (TPSA) is 38.9 Å². The molecule has 4 rings (SSSR count). The van der Waals surface area contributed by atoms with Crippen molar-refractivity contribution < 1.29 is 0 Å². The van der Waals surface area contributed by atoms with E-state index in [1.165, 1.54) is 19.4 Å². The van der Waals surface area contributed by atoms with Crippen molar-refractivity contribution in [2.24, 2.45) is 7.05 Å². The van der Waals surface area contributed by atoms with Gasteiger partial charge in [-0.2, -0.15) is 5.10 Å². The number of imidazole rings is 1. The zero-order chi connectivity index (χ0) is 16.0. The number of aromatic nitrogens is 4. The van der Waals surface area contributed by atoms with Crippen LogP contribution < -0.4 is 0 Å². The number of hydrogen-bond donors (Lipinski definition) is 0. The smallest absolute Gasteiger partial charge is 0.161 e. The fraction of sp³-hybridized carbons (Fsp3) is 0.412. The largest absolute Gasteiger partial charge is 0.325 e. The molecule has 0 bridgehead atoms. The third kappa shape index (κ3) is 2.44. The lowest BCUT2D eigenvalue weighted by atomic mass is 10.1. The van der Waals surface area contributed by atoms with Crippen LogP contribution in [-0.2, 0) is 7.05 Å². The minimum Gasteiger partial charge on any atom is -0.325 e. The molecule has 1 saturated heterocycles. The monoisotopic (exact) mass is 329 g/mol. The van der Waals surface area contributed by atoms with E-state index in [0.29, 0.717) is 6.04 Å². The highest BCUT2D eigenvalue weighted by Crippen LogP contribution is 2.34. The van der Waals surface area contributed by atoms with E-state index in [2.05, 4.69) is 27.7 Å². The van der Waals surface area contributed by atoms with Gasteiger partial charge in [0.25, 0.3) is 0 Å². The van der Waals surface area contributed by atoms with E-state index in [9.17, 15) is 0 Å². The molecule has 3 aromatic rings. The fourth-order valence-electron chi connectivity index (χ4n) is 3.58. The number of fused-ring (bicyclic) bond motifs is 1. The van der Waals surface area contributed by atoms with Gasteiger partial charge in [-0.15, -0.1) is 0 Å². The summed E-state index contributed by atoms with van der Waals surface area (Å²) in [4.78, 5) is 6.98. The summed E-state index contributed by atoms with van der Waals surface area (Å²) in [6, 6.07) is 6.35. The number of likely N-dealkylation sites (tertiary alicyclic amines) is 1. The van der Waals surface area contributed by atoms with E-state index in [0.717, 1.165) is 34.0 Å². The molecule has 23 heavy (non-hydrogen) atoms. The molecule has 1 aromatic carbocycles. The van der Waals surface area contributed by atoms with Crippen LogP contribution in [0.1, 0.15) is 18.9 Å². The third-order valence-corrected chi connectivity index (χ3v) is 5.02. The van der Waals surface area contributed by atoms with E-state index in [1.807, 2.05) is 36.1 Å². The van der Waals surface area contributed by atoms with Gasteiger partial charge in [0.2, 0.25) is 0 Å². The maximum Gasteiger partial charge on any atom is 0.161 e. The van der Waals surface area contributed by atoms with E-state index >= 15 is 0 Å². The summed E-state index contributed by atoms with van der Waals surface area (Å²) in [7, 11) is 4.12. The van der Waals surface area contributed by atoms with Crippen molar-refractivity contribution in [3.8, 4) is 11.5 Å². The molecule has 5 nitrogen and oxygen atoms in total. The van der Waals surface area contributed by atoms with Gasteiger partial charge in [-0.25, -0.2) is 4.98 Å². The van der Waals surface area contributed by atoms with E-state index < -0.39 is 0 Å². The van der Waals surface area contributed by atoms with E-state index in [1.54, 1.807) is 0 Å². The Balaban J connectivity index is 1.85. The van der Waals surface area contributed by atoms with Gasteiger partial charge < -0.3 is 9.47 Å². The quantitative estimate of drug-likeness (QED) is 0.723. The maximum absolute atomic E-state index is 6.46. The molecule has 2 aromatic heterocycles. The molecular weight excluding hydrogens is 310 g/mol. The molecule has 0 radical (unpaired) electrons. The lowest BCUT2D eigenvalue weighted by Crippen LogP contribution is -2.33. The zero-order valence-corrected chi connectivity index (χ0v) is 14.2. The average molecular weight is 330 g/mol. The Labute approximate surface area is 140 Å². The Morgan fingerprint density at radius 3 is 2.96 bits per heavy atom. The van der Waals surface area contributed by atoms with Crippen LogP contribution in [0.25, 0.3) is 22.4 Å². The Morgan fingerprint density at radius 2 is 2.13 bits per heavy atom. The Morgan fingerprint density at radius 1 is 1.26 bits per heavy atom. The fourth-order valence-corrected chi connectivity index (χ4v) is 3.84. The van der Waals surface area contributed by atoms with Gasteiger partial charge in [0.1, 0.15) is 5.69 Å². The number of piperidine rings is 1. The number of rotatable bonds is 2. The van der Waals surface area contributed by atoms with Crippen molar-refractivity contribution in [1.82, 2.24) is 24.2 Å². The van der Waals surface area contributed by atoms with Crippen LogP contribution in [-0.4, -0.2) is 44.4 Å². The first kappa shape index (κ1) is 14.7. The standard InChI is InChI=1S/C17H20ClN5/c1-21-9-4-5-12(11-21)23-10-8-19-17(23)16-15-13(18)6-3-7-14(15)22(2)20-16/h3,6-8,10,12H,4-5,9,11H2,1-2H3/t12-/m0/s1. The van der Waals surface area contributed by atoms with E-state index in [4.69, 9.17) is 16.7 Å². The molecule has 0 unspecified atom stereocenters. The second kappa shape index (κ2) is 5.65. The molecule has 120 valence electrons. The summed E-state index contributed by atoms with van der Waals surface area (Å²) in [5.41, 5.74) is 1.90. The normalized spacial score (nSPS) is 19.5. The third-order valence-electron chi connectivity index (χ3n) is 4.70. The number of nitrogens with zero attached hydrogens (tertiary/aromatic N) is 5. The number of halogens is 1. The number of hydrogen-bond acceptors (Lipinski definition) is 3. The predicted molar refractivity (Wildman–Crippen MR) is 92.7 cm³/mol. The van der Waals surface area contributed by atoms with Gasteiger partial charge in [-0.3, -0.25) is 4.68 Å². The van der Waals surface area contributed by atoms with Crippen molar-refractivity contribution in [1.29, 1.82) is 0 Å². The van der Waals surface area contributed by atoms with Gasteiger partial charge in [0.05, 0.1) is 10.5 Å². The average Bonchev–Trinajstić information content (AvgIpc) is 3.13. The molecule has 1 fully saturated rings. The molecule has 0 saturated carbocycles. The maximum atomic E-state index is 6.46. The molecule has 6 heteroatoms. The van der Waals surface area contributed by atoms with Crippen LogP contribution in [0, 0.1) is 0 Å². The Bertz CT molecular complexity index is 850. The van der Waals surface area contributed by atoms with Gasteiger partial charge in [0, 0.05) is 37.4 Å². The highest BCUT2D eigenvalue weighted by molar-refractivity contribution is 6.36. The zero-order valence-electron chi connectivity index (χ0n) is 13.4. The first-order chi connectivity index (χ1) is 11.1. The van der Waals surface area contributed by atoms with Crippen LogP contribution in [0.3, 0.4) is 0 Å². The molecule has 0 aliphatic carbocycles. The second-order valence-electron chi connectivity index (χ2n) is 6.32. The molecule has 1 aliphatic heterocycles. The molecule has 0 N–H and O–H groups in total. The Hall–Kier alpha value is -1.85. The summed E-state index contributed by atoms with van der Waals surface area (Å²) in [5, 5.41) is 6.41. The lowest BCUT2D eigenvalue weighted by Gasteiger charge is -2.31. The van der Waals surface area contributed by atoms with Crippen LogP contribution in [0.2, 0.25) is 5.02 Å². The predicted octanol–water partition coefficient (Wildman–Crippen LogP) is 3.36. The van der Waals surface area contributed by atoms with Gasteiger partial charge in [-0.1, -0.05) is 17.7 Å². The lowest BCUT2D eigenvalue weighted by molar-refractivity contribution is 0.213. The summed E-state index contributed by atoms with van der Waals surface area (Å²) in [6.07, 6.45) is 6.31. The van der Waals surface area contributed by atoms with Crippen molar-refractivity contribution in [3.63, 3.8) is 0 Å². The number of aryl methyl sites for hydroxylation is 1. The van der Waals surface area contributed by atoms with Gasteiger partial charge >= 0.3 is 0 Å². The summed E-state index contributed by atoms with van der Waals surface area (Å²) >= 11 is 6.46. The van der Waals surface area contributed by atoms with Crippen LogP contribution in [0.15, 0.2) is 30.6 Å². The van der Waals surface area contributed by atoms with Gasteiger partial charge in [-0.05, 0) is 38.6 Å². The Kier molecular flexibility index (Phi) is 3.62. The molecular formula is C17H20ClN5. The molecule has 1 atom stereocenters.